The van der Waals surface area contributed by atoms with Crippen LogP contribution in [-0.2, 0) is 11.2 Å². The molecule has 1 atom stereocenters. The molecule has 1 aromatic carbocycles. The molecule has 0 radical (unpaired) electrons. The van der Waals surface area contributed by atoms with Crippen molar-refractivity contribution in [2.24, 2.45) is 5.92 Å². The molecule has 3 heteroatoms. The fraction of sp³-hybridized carbons (Fsp3) is 0.538. The summed E-state index contributed by atoms with van der Waals surface area (Å²) in [6.07, 6.45) is 1.74. The van der Waals surface area contributed by atoms with Crippen LogP contribution in [0, 0.1) is 5.92 Å². The van der Waals surface area contributed by atoms with E-state index in [0.29, 0.717) is 6.61 Å². The molecule has 1 rings (SSSR count). The van der Waals surface area contributed by atoms with Crippen LogP contribution in [0.2, 0.25) is 5.02 Å². The van der Waals surface area contributed by atoms with Crippen LogP contribution in [0.15, 0.2) is 24.3 Å². The third kappa shape index (κ3) is 4.97. The zero-order valence-electron chi connectivity index (χ0n) is 9.66. The van der Waals surface area contributed by atoms with Crippen molar-refractivity contribution in [2.75, 3.05) is 19.8 Å². The predicted octanol–water partition coefficient (Wildman–Crippen LogP) is 2.92. The fourth-order valence-corrected chi connectivity index (χ4v) is 1.86. The Morgan fingerprint density at radius 1 is 1.44 bits per heavy atom. The van der Waals surface area contributed by atoms with Crippen LogP contribution < -0.4 is 0 Å². The van der Waals surface area contributed by atoms with Crippen molar-refractivity contribution in [2.45, 2.75) is 19.8 Å². The standard InChI is InChI=1S/C13H19ClO2/c1-2-16-7-6-12(10-15)8-11-4-3-5-13(14)9-11/h3-5,9,12,15H,2,6-8,10H2,1H3. The normalized spacial score (nSPS) is 12.7. The Kier molecular flexibility index (Phi) is 6.46. The molecule has 1 N–H and O–H groups in total. The number of hydrogen-bond acceptors (Lipinski definition) is 2. The highest BCUT2D eigenvalue weighted by Gasteiger charge is 2.08. The molecule has 0 heterocycles. The van der Waals surface area contributed by atoms with Gasteiger partial charge in [0.05, 0.1) is 0 Å². The summed E-state index contributed by atoms with van der Waals surface area (Å²) in [7, 11) is 0. The maximum atomic E-state index is 9.27. The molecule has 0 aliphatic rings. The van der Waals surface area contributed by atoms with E-state index >= 15 is 0 Å². The van der Waals surface area contributed by atoms with E-state index in [1.165, 1.54) is 5.56 Å². The summed E-state index contributed by atoms with van der Waals surface area (Å²) < 4.78 is 5.29. The van der Waals surface area contributed by atoms with Gasteiger partial charge in [-0.1, -0.05) is 23.7 Å². The smallest absolute Gasteiger partial charge is 0.0469 e. The molecule has 2 nitrogen and oxygen atoms in total. The molecule has 0 saturated carbocycles. The van der Waals surface area contributed by atoms with E-state index in [2.05, 4.69) is 0 Å². The van der Waals surface area contributed by atoms with E-state index < -0.39 is 0 Å². The van der Waals surface area contributed by atoms with Crippen molar-refractivity contribution in [3.05, 3.63) is 34.9 Å². The average Bonchev–Trinajstić information content (AvgIpc) is 2.28. The number of benzene rings is 1. The quantitative estimate of drug-likeness (QED) is 0.745. The molecule has 0 saturated heterocycles. The molecule has 1 aromatic rings. The number of rotatable bonds is 7. The van der Waals surface area contributed by atoms with Gasteiger partial charge in [0.1, 0.15) is 0 Å². The fourth-order valence-electron chi connectivity index (χ4n) is 1.65. The van der Waals surface area contributed by atoms with Crippen molar-refractivity contribution >= 4 is 11.6 Å². The first-order chi connectivity index (χ1) is 7.76. The van der Waals surface area contributed by atoms with Gasteiger partial charge >= 0.3 is 0 Å². The summed E-state index contributed by atoms with van der Waals surface area (Å²) in [6.45, 7) is 3.61. The SMILES string of the molecule is CCOCCC(CO)Cc1cccc(Cl)c1. The van der Waals surface area contributed by atoms with Gasteiger partial charge in [0.2, 0.25) is 0 Å². The number of ether oxygens (including phenoxy) is 1. The summed E-state index contributed by atoms with van der Waals surface area (Å²) in [5.41, 5.74) is 1.17. The van der Waals surface area contributed by atoms with Gasteiger partial charge in [0.25, 0.3) is 0 Å². The first kappa shape index (κ1) is 13.5. The summed E-state index contributed by atoms with van der Waals surface area (Å²) in [6, 6.07) is 7.79. The van der Waals surface area contributed by atoms with Gasteiger partial charge in [0, 0.05) is 24.8 Å². The second kappa shape index (κ2) is 7.66. The highest BCUT2D eigenvalue weighted by molar-refractivity contribution is 6.30. The molecule has 16 heavy (non-hydrogen) atoms. The van der Waals surface area contributed by atoms with E-state index in [1.54, 1.807) is 0 Å². The lowest BCUT2D eigenvalue weighted by atomic mass is 9.97. The molecular weight excluding hydrogens is 224 g/mol. The first-order valence-corrected chi connectivity index (χ1v) is 6.07. The lowest BCUT2D eigenvalue weighted by molar-refractivity contribution is 0.115. The van der Waals surface area contributed by atoms with E-state index in [-0.39, 0.29) is 12.5 Å². The molecule has 0 aliphatic heterocycles. The van der Waals surface area contributed by atoms with Crippen LogP contribution in [0.5, 0.6) is 0 Å². The molecule has 90 valence electrons. The van der Waals surface area contributed by atoms with Crippen LogP contribution in [0.25, 0.3) is 0 Å². The van der Waals surface area contributed by atoms with Crippen molar-refractivity contribution < 1.29 is 9.84 Å². The van der Waals surface area contributed by atoms with Crippen molar-refractivity contribution in [3.8, 4) is 0 Å². The highest BCUT2D eigenvalue weighted by Crippen LogP contribution is 2.16. The Balaban J connectivity index is 2.43. The van der Waals surface area contributed by atoms with E-state index in [4.69, 9.17) is 16.3 Å². The summed E-state index contributed by atoms with van der Waals surface area (Å²) in [4.78, 5) is 0. The maximum Gasteiger partial charge on any atom is 0.0469 e. The van der Waals surface area contributed by atoms with Crippen LogP contribution >= 0.6 is 11.6 Å². The Morgan fingerprint density at radius 2 is 2.25 bits per heavy atom. The van der Waals surface area contributed by atoms with Gasteiger partial charge in [0.15, 0.2) is 0 Å². The van der Waals surface area contributed by atoms with Gasteiger partial charge in [-0.3, -0.25) is 0 Å². The number of aliphatic hydroxyl groups excluding tert-OH is 1. The zero-order chi connectivity index (χ0) is 11.8. The summed E-state index contributed by atoms with van der Waals surface area (Å²) in [5, 5.41) is 10.0. The molecule has 0 aromatic heterocycles. The minimum Gasteiger partial charge on any atom is -0.396 e. The van der Waals surface area contributed by atoms with Crippen molar-refractivity contribution in [3.63, 3.8) is 0 Å². The monoisotopic (exact) mass is 242 g/mol. The Morgan fingerprint density at radius 3 is 2.88 bits per heavy atom. The maximum absolute atomic E-state index is 9.27. The van der Waals surface area contributed by atoms with Crippen LogP contribution in [0.1, 0.15) is 18.9 Å². The Hall–Kier alpha value is -0.570. The zero-order valence-corrected chi connectivity index (χ0v) is 10.4. The van der Waals surface area contributed by atoms with Gasteiger partial charge in [-0.15, -0.1) is 0 Å². The first-order valence-electron chi connectivity index (χ1n) is 5.69. The molecular formula is C13H19ClO2. The van der Waals surface area contributed by atoms with E-state index in [1.807, 2.05) is 31.2 Å². The molecule has 0 amide bonds. The Labute approximate surface area is 102 Å². The number of aliphatic hydroxyl groups is 1. The molecule has 0 bridgehead atoms. The lowest BCUT2D eigenvalue weighted by Gasteiger charge is -2.14. The van der Waals surface area contributed by atoms with E-state index in [0.717, 1.165) is 24.5 Å². The summed E-state index contributed by atoms with van der Waals surface area (Å²) in [5.74, 6) is 0.255. The van der Waals surface area contributed by atoms with E-state index in [9.17, 15) is 5.11 Å². The van der Waals surface area contributed by atoms with Crippen LogP contribution in [-0.4, -0.2) is 24.9 Å². The second-order valence-electron chi connectivity index (χ2n) is 3.87. The van der Waals surface area contributed by atoms with Crippen LogP contribution in [0.4, 0.5) is 0 Å². The third-order valence-corrected chi connectivity index (χ3v) is 2.78. The Bertz CT molecular complexity index is 302. The minimum atomic E-state index is 0.194. The molecule has 0 spiro atoms. The van der Waals surface area contributed by atoms with Gasteiger partial charge < -0.3 is 9.84 Å². The molecule has 0 fully saturated rings. The third-order valence-electron chi connectivity index (χ3n) is 2.55. The molecule has 0 aliphatic carbocycles. The predicted molar refractivity (Wildman–Crippen MR) is 66.8 cm³/mol. The second-order valence-corrected chi connectivity index (χ2v) is 4.30. The average molecular weight is 243 g/mol. The topological polar surface area (TPSA) is 29.5 Å². The lowest BCUT2D eigenvalue weighted by Crippen LogP contribution is -2.12. The van der Waals surface area contributed by atoms with Gasteiger partial charge in [-0.2, -0.15) is 0 Å². The van der Waals surface area contributed by atoms with Gasteiger partial charge in [-0.05, 0) is 43.4 Å². The van der Waals surface area contributed by atoms with Crippen molar-refractivity contribution in [1.29, 1.82) is 0 Å². The van der Waals surface area contributed by atoms with Crippen molar-refractivity contribution in [1.82, 2.24) is 0 Å². The van der Waals surface area contributed by atoms with Crippen LogP contribution in [0.3, 0.4) is 0 Å². The largest absolute Gasteiger partial charge is 0.396 e. The minimum absolute atomic E-state index is 0.194. The summed E-state index contributed by atoms with van der Waals surface area (Å²) >= 11 is 5.91. The number of hydrogen-bond donors (Lipinski definition) is 1. The highest BCUT2D eigenvalue weighted by atomic mass is 35.5. The molecule has 1 unspecified atom stereocenters. The van der Waals surface area contributed by atoms with Gasteiger partial charge in [-0.25, -0.2) is 0 Å². The number of halogens is 1.